The standard InChI is InChI=1S/C35H60N6O6/c1-11-15-24(28(43)31(45)36-18-12-2)37-30(44)27-23(22(3)4)17-20-41(27)32(46)29(35(8,9)10)39-33(47)38-25(34(5,6)7)21-40-19-14-13-16-26(40)42/h12,22-25,27,29H,2,11,13-21H2,1,3-10H3,(H,36,45)(H,37,44)(H2,38,39,47)/t23-,24?,25-,27+,29-/m1/s1. The Morgan fingerprint density at radius 1 is 0.957 bits per heavy atom. The van der Waals surface area contributed by atoms with E-state index in [2.05, 4.69) is 27.8 Å². The van der Waals surface area contributed by atoms with Crippen LogP contribution in [-0.4, -0.2) is 95.6 Å². The number of hydrogen-bond donors (Lipinski definition) is 4. The van der Waals surface area contributed by atoms with Crippen LogP contribution < -0.4 is 21.3 Å². The first-order valence-corrected chi connectivity index (χ1v) is 17.2. The molecule has 2 fully saturated rings. The molecule has 0 aromatic heterocycles. The normalized spacial score (nSPS) is 20.7. The van der Waals surface area contributed by atoms with Gasteiger partial charge in [0.1, 0.15) is 12.1 Å². The summed E-state index contributed by atoms with van der Waals surface area (Å²) in [5, 5.41) is 11.2. The van der Waals surface area contributed by atoms with E-state index in [1.807, 2.05) is 62.3 Å². The first-order valence-electron chi connectivity index (χ1n) is 17.2. The molecule has 2 saturated heterocycles. The van der Waals surface area contributed by atoms with E-state index in [1.54, 1.807) is 4.90 Å². The highest BCUT2D eigenvalue weighted by atomic mass is 16.2. The lowest BCUT2D eigenvalue weighted by atomic mass is 9.84. The van der Waals surface area contributed by atoms with Gasteiger partial charge in [0.05, 0.1) is 12.1 Å². The Bertz CT molecular complexity index is 1160. The second-order valence-electron chi connectivity index (χ2n) is 15.5. The highest BCUT2D eigenvalue weighted by Gasteiger charge is 2.48. The fourth-order valence-electron chi connectivity index (χ4n) is 6.28. The quantitative estimate of drug-likeness (QED) is 0.166. The molecule has 0 spiro atoms. The fraction of sp³-hybridized carbons (Fsp3) is 0.771. The lowest BCUT2D eigenvalue weighted by Crippen LogP contribution is -2.62. The van der Waals surface area contributed by atoms with Crippen molar-refractivity contribution in [3.8, 4) is 0 Å². The first kappa shape index (κ1) is 39.7. The van der Waals surface area contributed by atoms with Gasteiger partial charge >= 0.3 is 6.03 Å². The Kier molecular flexibility index (Phi) is 14.5. The molecule has 1 unspecified atom stereocenters. The van der Waals surface area contributed by atoms with Gasteiger partial charge in [0.2, 0.25) is 23.5 Å². The Morgan fingerprint density at radius 3 is 2.15 bits per heavy atom. The lowest BCUT2D eigenvalue weighted by Gasteiger charge is -2.39. The van der Waals surface area contributed by atoms with Crippen molar-refractivity contribution in [1.82, 2.24) is 31.1 Å². The molecule has 266 valence electrons. The zero-order valence-corrected chi connectivity index (χ0v) is 30.2. The van der Waals surface area contributed by atoms with Gasteiger partial charge in [-0.15, -0.1) is 6.58 Å². The molecule has 12 heteroatoms. The third-order valence-corrected chi connectivity index (χ3v) is 9.26. The number of ketones is 1. The van der Waals surface area contributed by atoms with Gasteiger partial charge < -0.3 is 31.1 Å². The minimum Gasteiger partial charge on any atom is -0.346 e. The van der Waals surface area contributed by atoms with Gasteiger partial charge in [-0.1, -0.05) is 74.8 Å². The zero-order valence-electron chi connectivity index (χ0n) is 30.2. The summed E-state index contributed by atoms with van der Waals surface area (Å²) >= 11 is 0. The fourth-order valence-corrected chi connectivity index (χ4v) is 6.28. The minimum atomic E-state index is -1.04. The van der Waals surface area contributed by atoms with Crippen molar-refractivity contribution in [2.24, 2.45) is 22.7 Å². The van der Waals surface area contributed by atoms with Crippen LogP contribution in [0.5, 0.6) is 0 Å². The van der Waals surface area contributed by atoms with E-state index in [0.717, 1.165) is 12.8 Å². The number of Topliss-reactive ketones (excluding diaryl/α,β-unsaturated/α-hetero) is 1. The molecule has 2 heterocycles. The average Bonchev–Trinajstić information content (AvgIpc) is 3.43. The van der Waals surface area contributed by atoms with Crippen molar-refractivity contribution >= 4 is 35.4 Å². The van der Waals surface area contributed by atoms with E-state index in [0.29, 0.717) is 38.9 Å². The molecule has 0 aromatic carbocycles. The van der Waals surface area contributed by atoms with Gasteiger partial charge in [-0.3, -0.25) is 24.0 Å². The highest BCUT2D eigenvalue weighted by molar-refractivity contribution is 6.38. The maximum absolute atomic E-state index is 14.3. The molecule has 0 radical (unpaired) electrons. The van der Waals surface area contributed by atoms with Crippen LogP contribution in [0.4, 0.5) is 4.79 Å². The van der Waals surface area contributed by atoms with Gasteiger partial charge in [0, 0.05) is 32.6 Å². The molecule has 6 amide bonds. The molecule has 0 saturated carbocycles. The van der Waals surface area contributed by atoms with Crippen LogP contribution in [0.3, 0.4) is 0 Å². The van der Waals surface area contributed by atoms with E-state index in [9.17, 15) is 28.8 Å². The summed E-state index contributed by atoms with van der Waals surface area (Å²) in [7, 11) is 0. The van der Waals surface area contributed by atoms with Crippen LogP contribution in [0.15, 0.2) is 12.7 Å². The number of piperidine rings is 1. The number of carbonyl (C=O) groups excluding carboxylic acids is 6. The third-order valence-electron chi connectivity index (χ3n) is 9.26. The maximum atomic E-state index is 14.3. The van der Waals surface area contributed by atoms with E-state index in [-0.39, 0.29) is 42.2 Å². The molecule has 2 aliphatic rings. The Morgan fingerprint density at radius 2 is 1.62 bits per heavy atom. The van der Waals surface area contributed by atoms with Crippen LogP contribution in [0.25, 0.3) is 0 Å². The molecule has 0 aromatic rings. The molecule has 4 N–H and O–H groups in total. The predicted octanol–water partition coefficient (Wildman–Crippen LogP) is 3.16. The smallest absolute Gasteiger partial charge is 0.315 e. The molecule has 12 nitrogen and oxygen atoms in total. The van der Waals surface area contributed by atoms with Gasteiger partial charge in [-0.25, -0.2) is 4.79 Å². The number of likely N-dealkylation sites (tertiary alicyclic amines) is 2. The minimum absolute atomic E-state index is 0.0501. The maximum Gasteiger partial charge on any atom is 0.315 e. The summed E-state index contributed by atoms with van der Waals surface area (Å²) < 4.78 is 0. The van der Waals surface area contributed by atoms with Gasteiger partial charge in [0.25, 0.3) is 5.91 Å². The van der Waals surface area contributed by atoms with Crippen LogP contribution in [0.2, 0.25) is 0 Å². The van der Waals surface area contributed by atoms with Crippen LogP contribution in [0.1, 0.15) is 101 Å². The van der Waals surface area contributed by atoms with Crippen molar-refractivity contribution in [2.75, 3.05) is 26.2 Å². The van der Waals surface area contributed by atoms with Gasteiger partial charge in [-0.2, -0.15) is 0 Å². The molecule has 0 bridgehead atoms. The predicted molar refractivity (Wildman–Crippen MR) is 182 cm³/mol. The average molecular weight is 661 g/mol. The van der Waals surface area contributed by atoms with Crippen LogP contribution >= 0.6 is 0 Å². The number of hydrogen-bond acceptors (Lipinski definition) is 6. The second kappa shape index (κ2) is 17.1. The van der Waals surface area contributed by atoms with E-state index in [1.165, 1.54) is 11.0 Å². The molecular formula is C35H60N6O6. The van der Waals surface area contributed by atoms with Crippen molar-refractivity contribution in [3.05, 3.63) is 12.7 Å². The number of rotatable bonds is 14. The zero-order chi connectivity index (χ0) is 35.7. The second-order valence-corrected chi connectivity index (χ2v) is 15.5. The van der Waals surface area contributed by atoms with E-state index in [4.69, 9.17) is 0 Å². The first-order chi connectivity index (χ1) is 21.8. The summed E-state index contributed by atoms with van der Waals surface area (Å²) in [6.45, 7) is 22.4. The van der Waals surface area contributed by atoms with E-state index >= 15 is 0 Å². The number of urea groups is 1. The number of nitrogens with zero attached hydrogens (tertiary/aromatic N) is 2. The Labute approximate surface area is 281 Å². The van der Waals surface area contributed by atoms with E-state index < -0.39 is 53.1 Å². The molecule has 2 rings (SSSR count). The van der Waals surface area contributed by atoms with Gasteiger partial charge in [-0.05, 0) is 48.3 Å². The van der Waals surface area contributed by atoms with Crippen molar-refractivity contribution in [1.29, 1.82) is 0 Å². The summed E-state index contributed by atoms with van der Waals surface area (Å²) in [4.78, 5) is 83.1. The van der Waals surface area contributed by atoms with Crippen molar-refractivity contribution in [3.63, 3.8) is 0 Å². The summed E-state index contributed by atoms with van der Waals surface area (Å²) in [6.07, 6.45) is 5.16. The molecule has 2 aliphatic heterocycles. The Hall–Kier alpha value is -3.44. The molecule has 47 heavy (non-hydrogen) atoms. The number of amides is 6. The molecule has 5 atom stereocenters. The third kappa shape index (κ3) is 11.1. The summed E-state index contributed by atoms with van der Waals surface area (Å²) in [5.41, 5.74) is -1.08. The van der Waals surface area contributed by atoms with Crippen molar-refractivity contribution < 1.29 is 28.8 Å². The number of carbonyl (C=O) groups is 6. The van der Waals surface area contributed by atoms with Crippen molar-refractivity contribution in [2.45, 2.75) is 125 Å². The monoisotopic (exact) mass is 660 g/mol. The van der Waals surface area contributed by atoms with Gasteiger partial charge in [0.15, 0.2) is 0 Å². The summed E-state index contributed by atoms with van der Waals surface area (Å²) in [6, 6.07) is -3.78. The largest absolute Gasteiger partial charge is 0.346 e. The summed E-state index contributed by atoms with van der Waals surface area (Å²) in [5.74, 6) is -2.49. The molecular weight excluding hydrogens is 600 g/mol. The van der Waals surface area contributed by atoms with Crippen LogP contribution in [-0.2, 0) is 24.0 Å². The highest BCUT2D eigenvalue weighted by Crippen LogP contribution is 2.33. The number of nitrogens with one attached hydrogen (secondary N) is 4. The Balaban J connectivity index is 2.31. The lowest BCUT2D eigenvalue weighted by molar-refractivity contribution is -0.144. The molecule has 0 aliphatic carbocycles. The van der Waals surface area contributed by atoms with Crippen LogP contribution in [0, 0.1) is 22.7 Å². The SMILES string of the molecule is C=CCNC(=O)C(=O)C(CCC)NC(=O)[C@@H]1[C@@H](C(C)C)CCN1C(=O)[C@@H](NC(=O)N[C@H](CN1CCCCC1=O)C(C)(C)C)C(C)(C)C. The topological polar surface area (TPSA) is 157 Å².